The van der Waals surface area contributed by atoms with Gasteiger partial charge in [-0.3, -0.25) is 0 Å². The summed E-state index contributed by atoms with van der Waals surface area (Å²) in [4.78, 5) is 7.65. The first-order chi connectivity index (χ1) is 12.2. The monoisotopic (exact) mass is 375 g/mol. The van der Waals surface area contributed by atoms with E-state index in [0.29, 0.717) is 17.6 Å². The van der Waals surface area contributed by atoms with Gasteiger partial charge in [-0.25, -0.2) is 9.97 Å². The number of rotatable bonds is 2. The van der Waals surface area contributed by atoms with Gasteiger partial charge in [0.25, 0.3) is 0 Å². The minimum absolute atomic E-state index is 0.0134. The first kappa shape index (κ1) is 17.6. The molecule has 2 heterocycles. The summed E-state index contributed by atoms with van der Waals surface area (Å²) in [6, 6.07) is 5.95. The van der Waals surface area contributed by atoms with Gasteiger partial charge in [-0.2, -0.15) is 23.7 Å². The first-order valence-corrected chi connectivity index (χ1v) is 7.83. The predicted molar refractivity (Wildman–Crippen MR) is 83.8 cm³/mol. The Hall–Kier alpha value is -3.18. The smallest absolute Gasteiger partial charge is 0.309 e. The summed E-state index contributed by atoms with van der Waals surface area (Å²) in [7, 11) is 1.62. The molecule has 0 saturated heterocycles. The molecule has 26 heavy (non-hydrogen) atoms. The lowest BCUT2D eigenvalue weighted by Gasteiger charge is -2.12. The number of aromatic nitrogens is 5. The Kier molecular flexibility index (Phi) is 4.26. The molecule has 1 aromatic carbocycles. The van der Waals surface area contributed by atoms with Crippen LogP contribution in [-0.2, 0) is 13.2 Å². The fraction of sp³-hybridized carbons (Fsp3) is 0.200. The Bertz CT molecular complexity index is 1110. The minimum Gasteiger partial charge on any atom is -0.309 e. The fourth-order valence-corrected chi connectivity index (χ4v) is 3.02. The average molecular weight is 375 g/mol. The van der Waals surface area contributed by atoms with Crippen LogP contribution in [0.15, 0.2) is 22.3 Å². The molecule has 0 bridgehead atoms. The third-order valence-electron chi connectivity index (χ3n) is 3.52. The van der Waals surface area contributed by atoms with Gasteiger partial charge in [0.1, 0.15) is 23.0 Å². The van der Waals surface area contributed by atoms with Gasteiger partial charge in [-0.1, -0.05) is 0 Å². The molecule has 0 N–H and O–H groups in total. The molecule has 2 aromatic heterocycles. The number of hydrogen-bond donors (Lipinski definition) is 0. The molecule has 0 fully saturated rings. The highest BCUT2D eigenvalue weighted by atomic mass is 32.2. The summed E-state index contributed by atoms with van der Waals surface area (Å²) in [6.07, 6.45) is -4.75. The standard InChI is InChI=1S/C15H8F3N7S/c1-7-23-24-14(25(7)2)26-13-12(15(16,17)18)21-10-3-8(5-19)9(6-20)4-11(10)22-13/h3-4H,1-2H3. The van der Waals surface area contributed by atoms with E-state index in [0.717, 1.165) is 6.07 Å². The van der Waals surface area contributed by atoms with Crippen LogP contribution in [0.4, 0.5) is 13.2 Å². The lowest BCUT2D eigenvalue weighted by molar-refractivity contribution is -0.143. The second-order valence-electron chi connectivity index (χ2n) is 5.18. The molecule has 0 amide bonds. The second kappa shape index (κ2) is 6.28. The number of aryl methyl sites for hydroxylation is 1. The van der Waals surface area contributed by atoms with Crippen molar-refractivity contribution in [1.82, 2.24) is 24.7 Å². The van der Waals surface area contributed by atoms with Crippen molar-refractivity contribution in [3.8, 4) is 12.1 Å². The van der Waals surface area contributed by atoms with Crippen molar-refractivity contribution < 1.29 is 13.2 Å². The SMILES string of the molecule is Cc1nnc(Sc2nc3cc(C#N)c(C#N)cc3nc2C(F)(F)F)n1C. The third kappa shape index (κ3) is 3.05. The van der Waals surface area contributed by atoms with Crippen LogP contribution in [0.3, 0.4) is 0 Å². The largest absolute Gasteiger partial charge is 0.436 e. The number of hydrogen-bond acceptors (Lipinski definition) is 7. The van der Waals surface area contributed by atoms with Crippen molar-refractivity contribution >= 4 is 22.8 Å². The molecular formula is C15H8F3N7S. The number of alkyl halides is 3. The molecule has 3 aromatic rings. The molecule has 0 aliphatic carbocycles. The van der Waals surface area contributed by atoms with Crippen LogP contribution in [0, 0.1) is 29.6 Å². The molecule has 0 aliphatic rings. The molecule has 0 saturated carbocycles. The normalized spacial score (nSPS) is 11.3. The summed E-state index contributed by atoms with van der Waals surface area (Å²) in [5.74, 6) is 0.528. The number of halogens is 3. The minimum atomic E-state index is -4.75. The number of fused-ring (bicyclic) bond motifs is 1. The van der Waals surface area contributed by atoms with Crippen LogP contribution in [0.25, 0.3) is 11.0 Å². The van der Waals surface area contributed by atoms with Crippen molar-refractivity contribution in [2.45, 2.75) is 23.3 Å². The topological polar surface area (TPSA) is 104 Å². The van der Waals surface area contributed by atoms with E-state index < -0.39 is 16.9 Å². The molecule has 0 unspecified atom stereocenters. The molecule has 0 atom stereocenters. The van der Waals surface area contributed by atoms with Gasteiger partial charge >= 0.3 is 6.18 Å². The molecule has 3 rings (SSSR count). The maximum absolute atomic E-state index is 13.4. The lowest BCUT2D eigenvalue weighted by Crippen LogP contribution is -2.12. The second-order valence-corrected chi connectivity index (χ2v) is 6.13. The Labute approximate surface area is 149 Å². The summed E-state index contributed by atoms with van der Waals surface area (Å²) < 4.78 is 41.8. The van der Waals surface area contributed by atoms with Crippen molar-refractivity contribution in [3.05, 3.63) is 34.8 Å². The Balaban J connectivity index is 2.24. The Morgan fingerprint density at radius 1 is 1.04 bits per heavy atom. The fourth-order valence-electron chi connectivity index (χ4n) is 2.09. The van der Waals surface area contributed by atoms with Crippen molar-refractivity contribution in [3.63, 3.8) is 0 Å². The van der Waals surface area contributed by atoms with Gasteiger partial charge in [-0.15, -0.1) is 10.2 Å². The maximum atomic E-state index is 13.4. The molecule has 0 aliphatic heterocycles. The van der Waals surface area contributed by atoms with E-state index in [2.05, 4.69) is 20.2 Å². The number of nitriles is 2. The molecular weight excluding hydrogens is 367 g/mol. The number of nitrogens with zero attached hydrogens (tertiary/aromatic N) is 7. The number of benzene rings is 1. The van der Waals surface area contributed by atoms with E-state index in [-0.39, 0.29) is 27.3 Å². The highest BCUT2D eigenvalue weighted by Crippen LogP contribution is 2.38. The van der Waals surface area contributed by atoms with E-state index in [9.17, 15) is 13.2 Å². The van der Waals surface area contributed by atoms with Crippen LogP contribution < -0.4 is 0 Å². The van der Waals surface area contributed by atoms with E-state index >= 15 is 0 Å². The highest BCUT2D eigenvalue weighted by Gasteiger charge is 2.37. The van der Waals surface area contributed by atoms with Crippen molar-refractivity contribution in [2.75, 3.05) is 0 Å². The van der Waals surface area contributed by atoms with Crippen LogP contribution >= 0.6 is 11.8 Å². The molecule has 0 spiro atoms. The van der Waals surface area contributed by atoms with Gasteiger partial charge in [0.15, 0.2) is 10.9 Å². The van der Waals surface area contributed by atoms with Crippen LogP contribution in [0.1, 0.15) is 22.6 Å². The maximum Gasteiger partial charge on any atom is 0.436 e. The van der Waals surface area contributed by atoms with Gasteiger partial charge < -0.3 is 4.57 Å². The Morgan fingerprint density at radius 2 is 1.62 bits per heavy atom. The first-order valence-electron chi connectivity index (χ1n) is 7.01. The van der Waals surface area contributed by atoms with Crippen LogP contribution in [-0.4, -0.2) is 24.7 Å². The van der Waals surface area contributed by atoms with Gasteiger partial charge in [0.05, 0.1) is 22.2 Å². The highest BCUT2D eigenvalue weighted by molar-refractivity contribution is 7.99. The molecule has 130 valence electrons. The van der Waals surface area contributed by atoms with Crippen molar-refractivity contribution in [2.24, 2.45) is 7.05 Å². The molecule has 11 heteroatoms. The zero-order valence-electron chi connectivity index (χ0n) is 13.3. The van der Waals surface area contributed by atoms with Gasteiger partial charge in [-0.05, 0) is 30.8 Å². The van der Waals surface area contributed by atoms with E-state index in [1.54, 1.807) is 20.0 Å². The zero-order chi connectivity index (χ0) is 19.1. The van der Waals surface area contributed by atoms with E-state index in [1.165, 1.54) is 10.6 Å². The third-order valence-corrected chi connectivity index (χ3v) is 4.54. The van der Waals surface area contributed by atoms with Crippen LogP contribution in [0.2, 0.25) is 0 Å². The average Bonchev–Trinajstić information content (AvgIpc) is 2.91. The quantitative estimate of drug-likeness (QED) is 0.678. The summed E-state index contributed by atoms with van der Waals surface area (Å²) in [5.41, 5.74) is -1.28. The predicted octanol–water partition coefficient (Wildman–Crippen LogP) is 2.98. The molecule has 7 nitrogen and oxygen atoms in total. The van der Waals surface area contributed by atoms with E-state index in [1.807, 2.05) is 6.07 Å². The molecule has 0 radical (unpaired) electrons. The summed E-state index contributed by atoms with van der Waals surface area (Å²) >= 11 is 0.675. The zero-order valence-corrected chi connectivity index (χ0v) is 14.1. The lowest BCUT2D eigenvalue weighted by atomic mass is 10.1. The summed E-state index contributed by atoms with van der Waals surface area (Å²) in [5, 5.41) is 25.5. The summed E-state index contributed by atoms with van der Waals surface area (Å²) in [6.45, 7) is 1.66. The van der Waals surface area contributed by atoms with Gasteiger partial charge in [0, 0.05) is 7.05 Å². The van der Waals surface area contributed by atoms with Crippen LogP contribution in [0.5, 0.6) is 0 Å². The Morgan fingerprint density at radius 3 is 2.08 bits per heavy atom. The van der Waals surface area contributed by atoms with Gasteiger partial charge in [0.2, 0.25) is 0 Å². The van der Waals surface area contributed by atoms with Crippen molar-refractivity contribution in [1.29, 1.82) is 10.5 Å². The van der Waals surface area contributed by atoms with E-state index in [4.69, 9.17) is 10.5 Å².